The molecular weight excluding hydrogens is 298 g/mol. The van der Waals surface area contributed by atoms with Gasteiger partial charge < -0.3 is 0 Å². The summed E-state index contributed by atoms with van der Waals surface area (Å²) in [6.45, 7) is 0.458. The zero-order chi connectivity index (χ0) is 11.3. The summed E-state index contributed by atoms with van der Waals surface area (Å²) in [7, 11) is -3.33. The van der Waals surface area contributed by atoms with Crippen LogP contribution in [0.15, 0.2) is 33.6 Å². The Bertz CT molecular complexity index is 403. The summed E-state index contributed by atoms with van der Waals surface area (Å²) in [5.74, 6) is 0.774. The first-order valence-electron chi connectivity index (χ1n) is 4.30. The Hall–Kier alpha value is -0.0400. The van der Waals surface area contributed by atoms with E-state index in [1.165, 1.54) is 0 Å². The van der Waals surface area contributed by atoms with Crippen molar-refractivity contribution >= 4 is 37.7 Å². The van der Waals surface area contributed by atoms with Crippen molar-refractivity contribution in [2.75, 3.05) is 18.6 Å². The first-order valence-corrected chi connectivity index (χ1v) is 7.97. The monoisotopic (exact) mass is 309 g/mol. The van der Waals surface area contributed by atoms with Gasteiger partial charge in [-0.05, 0) is 30.5 Å². The van der Waals surface area contributed by atoms with Gasteiger partial charge in [0, 0.05) is 16.8 Å². The van der Waals surface area contributed by atoms with Gasteiger partial charge in [0.2, 0.25) is 10.0 Å². The van der Waals surface area contributed by atoms with Crippen LogP contribution >= 0.6 is 27.7 Å². The maximum atomic E-state index is 11.7. The van der Waals surface area contributed by atoms with Gasteiger partial charge in [0.05, 0.1) is 4.90 Å². The van der Waals surface area contributed by atoms with Crippen molar-refractivity contribution in [2.45, 2.75) is 4.90 Å². The number of hydrogen-bond donors (Lipinski definition) is 1. The number of rotatable bonds is 5. The van der Waals surface area contributed by atoms with E-state index >= 15 is 0 Å². The van der Waals surface area contributed by atoms with Gasteiger partial charge in [0.15, 0.2) is 0 Å². The van der Waals surface area contributed by atoms with Crippen LogP contribution in [0.3, 0.4) is 0 Å². The SMILES string of the molecule is CSCCNS(=O)(=O)c1ccc(Br)cc1. The van der Waals surface area contributed by atoms with Crippen LogP contribution in [-0.2, 0) is 10.0 Å². The fourth-order valence-corrected chi connectivity index (χ4v) is 2.71. The molecule has 0 aliphatic heterocycles. The minimum absolute atomic E-state index is 0.298. The molecule has 0 aromatic heterocycles. The Morgan fingerprint density at radius 2 is 1.93 bits per heavy atom. The fraction of sp³-hybridized carbons (Fsp3) is 0.333. The van der Waals surface area contributed by atoms with E-state index in [0.717, 1.165) is 10.2 Å². The standard InChI is InChI=1S/C9H12BrNO2S2/c1-14-7-6-11-15(12,13)9-4-2-8(10)3-5-9/h2-5,11H,6-7H2,1H3. The lowest BCUT2D eigenvalue weighted by molar-refractivity contribution is 0.584. The maximum absolute atomic E-state index is 11.7. The van der Waals surface area contributed by atoms with Crippen molar-refractivity contribution in [1.29, 1.82) is 0 Å². The molecule has 6 heteroatoms. The molecule has 0 radical (unpaired) electrons. The van der Waals surface area contributed by atoms with Crippen molar-refractivity contribution in [3.05, 3.63) is 28.7 Å². The van der Waals surface area contributed by atoms with E-state index < -0.39 is 10.0 Å². The first-order chi connectivity index (χ1) is 7.06. The van der Waals surface area contributed by atoms with Crippen LogP contribution in [0.5, 0.6) is 0 Å². The quantitative estimate of drug-likeness (QED) is 0.847. The smallest absolute Gasteiger partial charge is 0.210 e. The van der Waals surface area contributed by atoms with Gasteiger partial charge in [-0.15, -0.1) is 0 Å². The Labute approximate surface area is 103 Å². The average molecular weight is 310 g/mol. The number of sulfonamides is 1. The Kier molecular flexibility index (Phi) is 5.11. The van der Waals surface area contributed by atoms with Gasteiger partial charge in [0.25, 0.3) is 0 Å². The van der Waals surface area contributed by atoms with Crippen molar-refractivity contribution < 1.29 is 8.42 Å². The van der Waals surface area contributed by atoms with Gasteiger partial charge >= 0.3 is 0 Å². The molecule has 0 spiro atoms. The largest absolute Gasteiger partial charge is 0.240 e. The normalized spacial score (nSPS) is 11.6. The second kappa shape index (κ2) is 5.89. The summed E-state index contributed by atoms with van der Waals surface area (Å²) >= 11 is 4.86. The van der Waals surface area contributed by atoms with Crippen molar-refractivity contribution in [3.63, 3.8) is 0 Å². The minimum atomic E-state index is -3.33. The average Bonchev–Trinajstić information content (AvgIpc) is 2.18. The molecular formula is C9H12BrNO2S2. The predicted molar refractivity (Wildman–Crippen MR) is 67.7 cm³/mol. The Balaban J connectivity index is 2.73. The summed E-state index contributed by atoms with van der Waals surface area (Å²) in [6.07, 6.45) is 1.94. The predicted octanol–water partition coefficient (Wildman–Crippen LogP) is 2.09. The van der Waals surface area contributed by atoms with E-state index in [2.05, 4.69) is 20.7 Å². The van der Waals surface area contributed by atoms with Crippen LogP contribution in [0.2, 0.25) is 0 Å². The van der Waals surface area contributed by atoms with Crippen LogP contribution in [0, 0.1) is 0 Å². The molecule has 0 atom stereocenters. The molecule has 1 aromatic rings. The lowest BCUT2D eigenvalue weighted by Gasteiger charge is -2.05. The van der Waals surface area contributed by atoms with Crippen LogP contribution < -0.4 is 4.72 Å². The van der Waals surface area contributed by atoms with Gasteiger partial charge in [-0.1, -0.05) is 15.9 Å². The van der Waals surface area contributed by atoms with E-state index in [9.17, 15) is 8.42 Å². The molecule has 0 saturated carbocycles. The summed E-state index contributed by atoms with van der Waals surface area (Å²) in [5, 5.41) is 0. The summed E-state index contributed by atoms with van der Waals surface area (Å²) in [6, 6.07) is 6.57. The number of hydrogen-bond acceptors (Lipinski definition) is 3. The lowest BCUT2D eigenvalue weighted by Crippen LogP contribution is -2.25. The first kappa shape index (κ1) is 13.0. The highest BCUT2D eigenvalue weighted by Gasteiger charge is 2.12. The number of thioether (sulfide) groups is 1. The van der Waals surface area contributed by atoms with Crippen molar-refractivity contribution in [2.24, 2.45) is 0 Å². The molecule has 1 rings (SSSR count). The zero-order valence-corrected chi connectivity index (χ0v) is 11.5. The number of nitrogens with one attached hydrogen (secondary N) is 1. The maximum Gasteiger partial charge on any atom is 0.240 e. The van der Waals surface area contributed by atoms with E-state index in [1.807, 2.05) is 6.26 Å². The van der Waals surface area contributed by atoms with Crippen LogP contribution in [0.4, 0.5) is 0 Å². The molecule has 1 N–H and O–H groups in total. The minimum Gasteiger partial charge on any atom is -0.210 e. The van der Waals surface area contributed by atoms with E-state index in [4.69, 9.17) is 0 Å². The number of halogens is 1. The van der Waals surface area contributed by atoms with Crippen LogP contribution in [0.1, 0.15) is 0 Å². The van der Waals surface area contributed by atoms with Gasteiger partial charge in [-0.3, -0.25) is 0 Å². The van der Waals surface area contributed by atoms with Gasteiger partial charge in [-0.2, -0.15) is 11.8 Å². The van der Waals surface area contributed by atoms with Crippen molar-refractivity contribution in [3.8, 4) is 0 Å². The molecule has 0 aliphatic carbocycles. The van der Waals surface area contributed by atoms with E-state index in [-0.39, 0.29) is 0 Å². The topological polar surface area (TPSA) is 46.2 Å². The van der Waals surface area contributed by atoms with Gasteiger partial charge in [-0.25, -0.2) is 13.1 Å². The third-order valence-corrected chi connectivity index (χ3v) is 4.34. The summed E-state index contributed by atoms with van der Waals surface area (Å²) < 4.78 is 26.8. The molecule has 3 nitrogen and oxygen atoms in total. The Morgan fingerprint density at radius 3 is 2.47 bits per heavy atom. The fourth-order valence-electron chi connectivity index (χ4n) is 0.975. The van der Waals surface area contributed by atoms with Crippen LogP contribution in [-0.4, -0.2) is 27.0 Å². The van der Waals surface area contributed by atoms with E-state index in [0.29, 0.717) is 11.4 Å². The lowest BCUT2D eigenvalue weighted by atomic mass is 10.4. The zero-order valence-electron chi connectivity index (χ0n) is 8.23. The van der Waals surface area contributed by atoms with Crippen molar-refractivity contribution in [1.82, 2.24) is 4.72 Å². The third-order valence-electron chi connectivity index (χ3n) is 1.72. The highest BCUT2D eigenvalue weighted by Crippen LogP contribution is 2.14. The molecule has 0 unspecified atom stereocenters. The highest BCUT2D eigenvalue weighted by molar-refractivity contribution is 9.10. The Morgan fingerprint density at radius 1 is 1.33 bits per heavy atom. The molecule has 15 heavy (non-hydrogen) atoms. The summed E-state index contributed by atoms with van der Waals surface area (Å²) in [4.78, 5) is 0.298. The molecule has 0 amide bonds. The third kappa shape index (κ3) is 4.14. The molecule has 84 valence electrons. The highest BCUT2D eigenvalue weighted by atomic mass is 79.9. The summed E-state index contributed by atoms with van der Waals surface area (Å²) in [5.41, 5.74) is 0. The molecule has 0 bridgehead atoms. The molecule has 0 heterocycles. The van der Waals surface area contributed by atoms with Crippen LogP contribution in [0.25, 0.3) is 0 Å². The molecule has 0 fully saturated rings. The second-order valence-electron chi connectivity index (χ2n) is 2.84. The van der Waals surface area contributed by atoms with Gasteiger partial charge in [0.1, 0.15) is 0 Å². The second-order valence-corrected chi connectivity index (χ2v) is 6.51. The molecule has 0 saturated heterocycles. The number of benzene rings is 1. The molecule has 0 aliphatic rings. The van der Waals surface area contributed by atoms with E-state index in [1.54, 1.807) is 36.0 Å². The molecule has 1 aromatic carbocycles.